The number of ether oxygens (including phenoxy) is 1. The van der Waals surface area contributed by atoms with Crippen molar-refractivity contribution in [3.63, 3.8) is 0 Å². The van der Waals surface area contributed by atoms with E-state index in [1.165, 1.54) is 6.07 Å². The molecule has 0 bridgehead atoms. The van der Waals surface area contributed by atoms with Gasteiger partial charge >= 0.3 is 0 Å². The summed E-state index contributed by atoms with van der Waals surface area (Å²) in [4.78, 5) is 13.2. The number of para-hydroxylation sites is 1. The van der Waals surface area contributed by atoms with Gasteiger partial charge in [0.25, 0.3) is 5.69 Å². The highest BCUT2D eigenvalue weighted by Crippen LogP contribution is 2.45. The molecule has 1 atom stereocenters. The second kappa shape index (κ2) is 7.38. The highest BCUT2D eigenvalue weighted by molar-refractivity contribution is 5.63. The summed E-state index contributed by atoms with van der Waals surface area (Å²) in [6.45, 7) is 5.78. The lowest BCUT2D eigenvalue weighted by Gasteiger charge is -2.28. The fourth-order valence-electron chi connectivity index (χ4n) is 3.45. The van der Waals surface area contributed by atoms with Gasteiger partial charge in [0.1, 0.15) is 17.4 Å². The Kier molecular flexibility index (Phi) is 4.99. The maximum absolute atomic E-state index is 11.5. The zero-order valence-electron chi connectivity index (χ0n) is 15.2. The van der Waals surface area contributed by atoms with Crippen LogP contribution in [-0.4, -0.2) is 18.0 Å². The van der Waals surface area contributed by atoms with E-state index in [1.54, 1.807) is 18.2 Å². The number of nitriles is 1. The molecule has 3 rings (SSSR count). The Morgan fingerprint density at radius 3 is 2.56 bits per heavy atom. The summed E-state index contributed by atoms with van der Waals surface area (Å²) < 4.78 is 5.71. The monoisotopic (exact) mass is 364 g/mol. The molecule has 1 aliphatic rings. The van der Waals surface area contributed by atoms with Crippen LogP contribution in [0.2, 0.25) is 0 Å². The molecule has 0 radical (unpaired) electrons. The number of hydrogen-bond acceptors (Lipinski definition) is 6. The van der Waals surface area contributed by atoms with Crippen LogP contribution >= 0.6 is 0 Å². The third-order valence-electron chi connectivity index (χ3n) is 4.78. The SMILES string of the molecule is CCN(CC)c1ccc2c(c1)OC(N)=C(C#N)[C@@H]2c1ccccc1[N+](=O)[O-]. The minimum absolute atomic E-state index is 0.0233. The number of allylic oxidation sites excluding steroid dienone is 1. The van der Waals surface area contributed by atoms with E-state index in [0.29, 0.717) is 16.9 Å². The second-order valence-corrected chi connectivity index (χ2v) is 6.14. The van der Waals surface area contributed by atoms with Crippen molar-refractivity contribution in [3.05, 3.63) is 75.2 Å². The summed E-state index contributed by atoms with van der Waals surface area (Å²) in [7, 11) is 0. The maximum atomic E-state index is 11.5. The third-order valence-corrected chi connectivity index (χ3v) is 4.78. The first-order valence-electron chi connectivity index (χ1n) is 8.71. The van der Waals surface area contributed by atoms with Crippen LogP contribution < -0.4 is 15.4 Å². The van der Waals surface area contributed by atoms with Crippen molar-refractivity contribution >= 4 is 11.4 Å². The zero-order chi connectivity index (χ0) is 19.6. The van der Waals surface area contributed by atoms with Crippen LogP contribution in [-0.2, 0) is 0 Å². The molecule has 0 saturated heterocycles. The van der Waals surface area contributed by atoms with E-state index < -0.39 is 10.8 Å². The lowest BCUT2D eigenvalue weighted by atomic mass is 9.82. The van der Waals surface area contributed by atoms with Crippen LogP contribution in [0.25, 0.3) is 0 Å². The highest BCUT2D eigenvalue weighted by Gasteiger charge is 2.34. The Bertz CT molecular complexity index is 958. The predicted octanol–water partition coefficient (Wildman–Crippen LogP) is 3.66. The molecule has 1 heterocycles. The van der Waals surface area contributed by atoms with E-state index in [4.69, 9.17) is 10.5 Å². The number of anilines is 1. The fraction of sp³-hybridized carbons (Fsp3) is 0.250. The van der Waals surface area contributed by atoms with E-state index >= 15 is 0 Å². The van der Waals surface area contributed by atoms with E-state index in [-0.39, 0.29) is 17.1 Å². The molecular weight excluding hydrogens is 344 g/mol. The van der Waals surface area contributed by atoms with Crippen LogP contribution in [0.3, 0.4) is 0 Å². The van der Waals surface area contributed by atoms with Crippen molar-refractivity contribution in [1.29, 1.82) is 5.26 Å². The predicted molar refractivity (Wildman–Crippen MR) is 102 cm³/mol. The first-order chi connectivity index (χ1) is 13.0. The molecule has 138 valence electrons. The lowest BCUT2D eigenvalue weighted by Crippen LogP contribution is -2.24. The molecule has 0 unspecified atom stereocenters. The van der Waals surface area contributed by atoms with E-state index in [9.17, 15) is 15.4 Å². The molecule has 0 aliphatic carbocycles. The van der Waals surface area contributed by atoms with Crippen molar-refractivity contribution in [2.24, 2.45) is 5.73 Å². The van der Waals surface area contributed by atoms with Crippen molar-refractivity contribution in [1.82, 2.24) is 0 Å². The van der Waals surface area contributed by atoms with Gasteiger partial charge < -0.3 is 15.4 Å². The zero-order valence-corrected chi connectivity index (χ0v) is 15.2. The standard InChI is InChI=1S/C20H20N4O3/c1-3-23(4-2)13-9-10-15-18(11-13)27-20(22)16(12-21)19(15)14-7-5-6-8-17(14)24(25)26/h5-11,19H,3-4,22H2,1-2H3/t19-/m1/s1. The number of benzene rings is 2. The molecule has 0 fully saturated rings. The quantitative estimate of drug-likeness (QED) is 0.641. The average molecular weight is 364 g/mol. The molecule has 7 heteroatoms. The van der Waals surface area contributed by atoms with Gasteiger partial charge in [0.15, 0.2) is 0 Å². The van der Waals surface area contributed by atoms with Gasteiger partial charge in [0.05, 0.1) is 10.8 Å². The van der Waals surface area contributed by atoms with Gasteiger partial charge in [-0.2, -0.15) is 5.26 Å². The minimum Gasteiger partial charge on any atom is -0.440 e. The first kappa shape index (κ1) is 18.3. The van der Waals surface area contributed by atoms with E-state index in [1.807, 2.05) is 18.2 Å². The maximum Gasteiger partial charge on any atom is 0.273 e. The molecule has 2 N–H and O–H groups in total. The normalized spacial score (nSPS) is 15.5. The summed E-state index contributed by atoms with van der Waals surface area (Å²) in [6.07, 6.45) is 0. The largest absolute Gasteiger partial charge is 0.440 e. The number of nitrogens with zero attached hydrogens (tertiary/aromatic N) is 3. The van der Waals surface area contributed by atoms with Crippen LogP contribution in [0.5, 0.6) is 5.75 Å². The Hall–Kier alpha value is -3.53. The highest BCUT2D eigenvalue weighted by atomic mass is 16.6. The van der Waals surface area contributed by atoms with Gasteiger partial charge in [0.2, 0.25) is 5.88 Å². The van der Waals surface area contributed by atoms with Crippen LogP contribution in [0.1, 0.15) is 30.9 Å². The van der Waals surface area contributed by atoms with Crippen molar-refractivity contribution in [3.8, 4) is 11.8 Å². The average Bonchev–Trinajstić information content (AvgIpc) is 2.67. The number of nitrogens with two attached hydrogens (primary N) is 1. The Labute approximate surface area is 157 Å². The first-order valence-corrected chi connectivity index (χ1v) is 8.71. The molecule has 0 aromatic heterocycles. The molecule has 0 saturated carbocycles. The topological polar surface area (TPSA) is 105 Å². The van der Waals surface area contributed by atoms with Crippen LogP contribution in [0, 0.1) is 21.4 Å². The second-order valence-electron chi connectivity index (χ2n) is 6.14. The van der Waals surface area contributed by atoms with Crippen molar-refractivity contribution in [2.45, 2.75) is 19.8 Å². The molecule has 1 aliphatic heterocycles. The van der Waals surface area contributed by atoms with Gasteiger partial charge in [0, 0.05) is 42.0 Å². The van der Waals surface area contributed by atoms with Gasteiger partial charge in [-0.1, -0.05) is 24.3 Å². The molecular formula is C20H20N4O3. The number of rotatable bonds is 5. The summed E-state index contributed by atoms with van der Waals surface area (Å²) in [5.74, 6) is -0.157. The van der Waals surface area contributed by atoms with Crippen molar-refractivity contribution < 1.29 is 9.66 Å². The Morgan fingerprint density at radius 1 is 1.22 bits per heavy atom. The van der Waals surface area contributed by atoms with Crippen molar-refractivity contribution in [2.75, 3.05) is 18.0 Å². The smallest absolute Gasteiger partial charge is 0.273 e. The molecule has 2 aromatic carbocycles. The molecule has 0 spiro atoms. The summed E-state index contributed by atoms with van der Waals surface area (Å²) in [6, 6.07) is 14.1. The van der Waals surface area contributed by atoms with E-state index in [2.05, 4.69) is 24.8 Å². The van der Waals surface area contributed by atoms with Gasteiger partial charge in [-0.15, -0.1) is 0 Å². The molecule has 7 nitrogen and oxygen atoms in total. The Balaban J connectivity index is 2.21. The number of fused-ring (bicyclic) bond motifs is 1. The number of nitro benzene ring substituents is 1. The minimum atomic E-state index is -0.647. The van der Waals surface area contributed by atoms with Crippen LogP contribution in [0.4, 0.5) is 11.4 Å². The summed E-state index contributed by atoms with van der Waals surface area (Å²) in [5, 5.41) is 21.1. The van der Waals surface area contributed by atoms with Gasteiger partial charge in [-0.3, -0.25) is 10.1 Å². The molecule has 2 aromatic rings. The third kappa shape index (κ3) is 3.17. The van der Waals surface area contributed by atoms with Gasteiger partial charge in [-0.05, 0) is 19.9 Å². The van der Waals surface area contributed by atoms with Crippen LogP contribution in [0.15, 0.2) is 53.9 Å². The summed E-state index contributed by atoms with van der Waals surface area (Å²) in [5.41, 5.74) is 8.19. The van der Waals surface area contributed by atoms with Gasteiger partial charge in [-0.25, -0.2) is 0 Å². The molecule has 0 amide bonds. The fourth-order valence-corrected chi connectivity index (χ4v) is 3.45. The Morgan fingerprint density at radius 2 is 1.93 bits per heavy atom. The lowest BCUT2D eigenvalue weighted by molar-refractivity contribution is -0.385. The number of hydrogen-bond donors (Lipinski definition) is 1. The number of nitro groups is 1. The summed E-state index contributed by atoms with van der Waals surface area (Å²) >= 11 is 0. The molecule has 27 heavy (non-hydrogen) atoms. The van der Waals surface area contributed by atoms with E-state index in [0.717, 1.165) is 18.8 Å².